The Hall–Kier alpha value is -0.340. The van der Waals surface area contributed by atoms with E-state index >= 15 is 0 Å². The van der Waals surface area contributed by atoms with Crippen LogP contribution < -0.4 is 4.74 Å². The standard InChI is InChI=1S/C11H12BrIO4/c1-3-16-11(14)7-4-8(12)10(9(13)5-7)17-6-15-2/h4-5H,3,6H2,1-2H3. The van der Waals surface area contributed by atoms with Crippen LogP contribution in [0, 0.1) is 3.57 Å². The first-order valence-corrected chi connectivity index (χ1v) is 6.75. The number of methoxy groups -OCH3 is 1. The third-order valence-corrected chi connectivity index (χ3v) is 3.22. The number of carbonyl (C=O) groups is 1. The Kier molecular flexibility index (Phi) is 6.21. The fourth-order valence-corrected chi connectivity index (χ4v) is 2.87. The molecule has 0 unspecified atom stereocenters. The lowest BCUT2D eigenvalue weighted by atomic mass is 10.2. The summed E-state index contributed by atoms with van der Waals surface area (Å²) in [6, 6.07) is 3.39. The van der Waals surface area contributed by atoms with Gasteiger partial charge >= 0.3 is 5.97 Å². The van der Waals surface area contributed by atoms with Crippen molar-refractivity contribution in [1.29, 1.82) is 0 Å². The molecule has 4 nitrogen and oxygen atoms in total. The number of halogens is 2. The summed E-state index contributed by atoms with van der Waals surface area (Å²) in [7, 11) is 1.55. The summed E-state index contributed by atoms with van der Waals surface area (Å²) in [6.07, 6.45) is 0. The topological polar surface area (TPSA) is 44.8 Å². The third-order valence-electron chi connectivity index (χ3n) is 1.83. The van der Waals surface area contributed by atoms with E-state index in [4.69, 9.17) is 14.2 Å². The van der Waals surface area contributed by atoms with Gasteiger partial charge in [0, 0.05) is 7.11 Å². The Morgan fingerprint density at radius 3 is 2.71 bits per heavy atom. The van der Waals surface area contributed by atoms with E-state index in [1.807, 2.05) is 0 Å². The molecule has 94 valence electrons. The van der Waals surface area contributed by atoms with E-state index in [2.05, 4.69) is 38.5 Å². The van der Waals surface area contributed by atoms with E-state index in [0.717, 1.165) is 3.57 Å². The minimum Gasteiger partial charge on any atom is -0.465 e. The molecule has 0 aromatic heterocycles. The average molecular weight is 415 g/mol. The highest BCUT2D eigenvalue weighted by Gasteiger charge is 2.14. The van der Waals surface area contributed by atoms with Crippen molar-refractivity contribution in [2.45, 2.75) is 6.92 Å². The average Bonchev–Trinajstić information content (AvgIpc) is 2.28. The molecule has 0 radical (unpaired) electrons. The Morgan fingerprint density at radius 1 is 1.47 bits per heavy atom. The molecular formula is C11H12BrIO4. The first-order valence-electron chi connectivity index (χ1n) is 4.88. The number of carbonyl (C=O) groups excluding carboxylic acids is 1. The van der Waals surface area contributed by atoms with E-state index in [0.29, 0.717) is 22.4 Å². The van der Waals surface area contributed by atoms with Crippen LogP contribution in [-0.4, -0.2) is 26.5 Å². The minimum absolute atomic E-state index is 0.160. The van der Waals surface area contributed by atoms with Crippen LogP contribution in [0.2, 0.25) is 0 Å². The zero-order valence-corrected chi connectivity index (χ0v) is 13.2. The second kappa shape index (κ2) is 7.17. The lowest BCUT2D eigenvalue weighted by molar-refractivity contribution is 0.0497. The highest BCUT2D eigenvalue weighted by molar-refractivity contribution is 14.1. The van der Waals surface area contributed by atoms with Crippen molar-refractivity contribution in [3.63, 3.8) is 0 Å². The molecule has 0 aliphatic rings. The lowest BCUT2D eigenvalue weighted by Gasteiger charge is -2.11. The van der Waals surface area contributed by atoms with Crippen LogP contribution in [0.5, 0.6) is 5.75 Å². The summed E-state index contributed by atoms with van der Waals surface area (Å²) in [4.78, 5) is 11.6. The van der Waals surface area contributed by atoms with E-state index in [9.17, 15) is 4.79 Å². The fourth-order valence-electron chi connectivity index (χ4n) is 1.15. The van der Waals surface area contributed by atoms with Crippen molar-refractivity contribution in [2.75, 3.05) is 20.5 Å². The van der Waals surface area contributed by atoms with Crippen molar-refractivity contribution >= 4 is 44.5 Å². The van der Waals surface area contributed by atoms with E-state index in [1.165, 1.54) is 0 Å². The molecule has 1 aromatic carbocycles. The van der Waals surface area contributed by atoms with E-state index < -0.39 is 0 Å². The zero-order valence-electron chi connectivity index (χ0n) is 9.46. The molecule has 1 rings (SSSR count). The Labute approximate surface area is 122 Å². The zero-order chi connectivity index (χ0) is 12.8. The molecule has 0 fully saturated rings. The highest BCUT2D eigenvalue weighted by Crippen LogP contribution is 2.32. The number of hydrogen-bond donors (Lipinski definition) is 0. The Bertz CT molecular complexity index is 385. The second-order valence-electron chi connectivity index (χ2n) is 3.04. The predicted octanol–water partition coefficient (Wildman–Crippen LogP) is 3.21. The van der Waals surface area contributed by atoms with Crippen molar-refractivity contribution < 1.29 is 19.0 Å². The largest absolute Gasteiger partial charge is 0.465 e. The molecule has 0 aliphatic carbocycles. The second-order valence-corrected chi connectivity index (χ2v) is 5.06. The van der Waals surface area contributed by atoms with Crippen LogP contribution in [-0.2, 0) is 9.47 Å². The van der Waals surface area contributed by atoms with E-state index in [1.54, 1.807) is 26.2 Å². The number of hydrogen-bond acceptors (Lipinski definition) is 4. The van der Waals surface area contributed by atoms with Crippen LogP contribution in [0.1, 0.15) is 17.3 Å². The van der Waals surface area contributed by atoms with Crippen LogP contribution in [0.25, 0.3) is 0 Å². The van der Waals surface area contributed by atoms with Crippen molar-refractivity contribution in [1.82, 2.24) is 0 Å². The van der Waals surface area contributed by atoms with Gasteiger partial charge in [-0.15, -0.1) is 0 Å². The summed E-state index contributed by atoms with van der Waals surface area (Å²) in [5.41, 5.74) is 0.493. The lowest BCUT2D eigenvalue weighted by Crippen LogP contribution is -2.07. The molecule has 17 heavy (non-hydrogen) atoms. The van der Waals surface area contributed by atoms with Crippen molar-refractivity contribution in [2.24, 2.45) is 0 Å². The summed E-state index contributed by atoms with van der Waals surface area (Å²) in [5.74, 6) is 0.310. The Morgan fingerprint density at radius 2 is 2.18 bits per heavy atom. The Balaban J connectivity index is 2.96. The van der Waals surface area contributed by atoms with Gasteiger partial charge in [0.15, 0.2) is 6.79 Å². The predicted molar refractivity (Wildman–Crippen MR) is 75.3 cm³/mol. The maximum atomic E-state index is 11.6. The molecule has 0 aliphatic heterocycles. The maximum absolute atomic E-state index is 11.6. The molecule has 0 amide bonds. The third kappa shape index (κ3) is 4.11. The molecule has 0 bridgehead atoms. The number of benzene rings is 1. The highest BCUT2D eigenvalue weighted by atomic mass is 127. The molecule has 6 heteroatoms. The molecule has 0 saturated heterocycles. The molecule has 0 heterocycles. The smallest absolute Gasteiger partial charge is 0.338 e. The van der Waals surface area contributed by atoms with Crippen LogP contribution >= 0.6 is 38.5 Å². The molecule has 0 N–H and O–H groups in total. The van der Waals surface area contributed by atoms with Crippen molar-refractivity contribution in [3.05, 3.63) is 25.7 Å². The SMILES string of the molecule is CCOC(=O)c1cc(Br)c(OCOC)c(I)c1. The van der Waals surface area contributed by atoms with Gasteiger partial charge in [-0.2, -0.15) is 0 Å². The minimum atomic E-state index is -0.343. The molecule has 0 spiro atoms. The molecule has 0 atom stereocenters. The van der Waals surface area contributed by atoms with Gasteiger partial charge in [-0.05, 0) is 57.6 Å². The fraction of sp³-hybridized carbons (Fsp3) is 0.364. The normalized spacial score (nSPS) is 10.1. The summed E-state index contributed by atoms with van der Waals surface area (Å²) in [5, 5.41) is 0. The van der Waals surface area contributed by atoms with Gasteiger partial charge in [0.25, 0.3) is 0 Å². The summed E-state index contributed by atoms with van der Waals surface area (Å²) in [6.45, 7) is 2.29. The van der Waals surface area contributed by atoms with Gasteiger partial charge in [-0.3, -0.25) is 0 Å². The molecule has 0 saturated carbocycles. The number of ether oxygens (including phenoxy) is 3. The van der Waals surface area contributed by atoms with Gasteiger partial charge in [0.2, 0.25) is 0 Å². The van der Waals surface area contributed by atoms with E-state index in [-0.39, 0.29) is 12.8 Å². The first kappa shape index (κ1) is 14.7. The first-order chi connectivity index (χ1) is 8.10. The van der Waals surface area contributed by atoms with Gasteiger partial charge < -0.3 is 14.2 Å². The molecular weight excluding hydrogens is 403 g/mol. The number of rotatable bonds is 5. The monoisotopic (exact) mass is 414 g/mol. The van der Waals surface area contributed by atoms with Gasteiger partial charge in [0.1, 0.15) is 5.75 Å². The maximum Gasteiger partial charge on any atom is 0.338 e. The summed E-state index contributed by atoms with van der Waals surface area (Å²) < 4.78 is 16.7. The van der Waals surface area contributed by atoms with Crippen LogP contribution in [0.4, 0.5) is 0 Å². The van der Waals surface area contributed by atoms with Crippen LogP contribution in [0.15, 0.2) is 16.6 Å². The quantitative estimate of drug-likeness (QED) is 0.421. The molecule has 1 aromatic rings. The van der Waals surface area contributed by atoms with Gasteiger partial charge in [0.05, 0.1) is 20.2 Å². The van der Waals surface area contributed by atoms with Crippen LogP contribution in [0.3, 0.4) is 0 Å². The van der Waals surface area contributed by atoms with Gasteiger partial charge in [-0.1, -0.05) is 0 Å². The summed E-state index contributed by atoms with van der Waals surface area (Å²) >= 11 is 5.45. The number of esters is 1. The van der Waals surface area contributed by atoms with Gasteiger partial charge in [-0.25, -0.2) is 4.79 Å². The van der Waals surface area contributed by atoms with Crippen molar-refractivity contribution in [3.8, 4) is 5.75 Å².